The van der Waals surface area contributed by atoms with Gasteiger partial charge in [-0.3, -0.25) is 4.79 Å². The first kappa shape index (κ1) is 14.3. The summed E-state index contributed by atoms with van der Waals surface area (Å²) < 4.78 is 5.70. The third kappa shape index (κ3) is 2.92. The number of nitrogens with zero attached hydrogens (tertiary/aromatic N) is 2. The molecule has 1 amide bonds. The highest BCUT2D eigenvalue weighted by atomic mass is 16.5. The third-order valence-corrected chi connectivity index (χ3v) is 2.97. The van der Waals surface area contributed by atoms with Crippen molar-refractivity contribution in [2.45, 2.75) is 13.8 Å². The molecule has 1 aromatic carbocycles. The Bertz CT molecular complexity index is 740. The zero-order valence-corrected chi connectivity index (χ0v) is 11.7. The number of primary amides is 1. The molecule has 0 unspecified atom stereocenters. The number of hydrogen-bond donors (Lipinski definition) is 2. The lowest BCUT2D eigenvalue weighted by molar-refractivity contribution is 0.100. The fourth-order valence-electron chi connectivity index (χ4n) is 2.00. The number of aryl methyl sites for hydroxylation is 2. The summed E-state index contributed by atoms with van der Waals surface area (Å²) in [4.78, 5) is 15.3. The van der Waals surface area contributed by atoms with E-state index in [1.165, 1.54) is 12.3 Å². The molecular weight excluding hydrogens is 268 g/mol. The van der Waals surface area contributed by atoms with Crippen LogP contribution < -0.4 is 16.2 Å². The maximum atomic E-state index is 11.3. The van der Waals surface area contributed by atoms with Crippen LogP contribution in [0.25, 0.3) is 0 Å². The molecule has 0 spiro atoms. The molecule has 6 heteroatoms. The zero-order valence-electron chi connectivity index (χ0n) is 11.7. The predicted octanol–water partition coefficient (Wildman–Crippen LogP) is 2.04. The second-order valence-corrected chi connectivity index (χ2v) is 4.63. The number of ether oxygens (including phenoxy) is 1. The summed E-state index contributed by atoms with van der Waals surface area (Å²) in [5.41, 5.74) is 13.4. The largest absolute Gasteiger partial charge is 0.438 e. The lowest BCUT2D eigenvalue weighted by Gasteiger charge is -2.12. The van der Waals surface area contributed by atoms with Crippen molar-refractivity contribution in [2.24, 2.45) is 5.73 Å². The minimum Gasteiger partial charge on any atom is -0.438 e. The van der Waals surface area contributed by atoms with E-state index < -0.39 is 5.91 Å². The van der Waals surface area contributed by atoms with Gasteiger partial charge >= 0.3 is 0 Å². The molecule has 0 aliphatic heterocycles. The number of aromatic nitrogens is 1. The van der Waals surface area contributed by atoms with Gasteiger partial charge in [-0.25, -0.2) is 4.98 Å². The molecule has 2 aromatic rings. The monoisotopic (exact) mass is 282 g/mol. The number of anilines is 1. The Morgan fingerprint density at radius 3 is 2.43 bits per heavy atom. The summed E-state index contributed by atoms with van der Waals surface area (Å²) in [6, 6.07) is 6.91. The second kappa shape index (κ2) is 5.51. The van der Waals surface area contributed by atoms with E-state index in [4.69, 9.17) is 21.5 Å². The number of rotatable bonds is 3. The van der Waals surface area contributed by atoms with Gasteiger partial charge in [-0.1, -0.05) is 0 Å². The van der Waals surface area contributed by atoms with E-state index >= 15 is 0 Å². The van der Waals surface area contributed by atoms with E-state index in [-0.39, 0.29) is 17.1 Å². The number of amides is 1. The van der Waals surface area contributed by atoms with Crippen LogP contribution in [-0.4, -0.2) is 10.9 Å². The molecule has 0 atom stereocenters. The van der Waals surface area contributed by atoms with Crippen LogP contribution in [0.1, 0.15) is 27.0 Å². The average molecular weight is 282 g/mol. The normalized spacial score (nSPS) is 9.95. The molecule has 0 saturated heterocycles. The number of carbonyl (C=O) groups is 1. The number of hydrogen-bond acceptors (Lipinski definition) is 5. The summed E-state index contributed by atoms with van der Waals surface area (Å²) in [5.74, 6) is 0.156. The smallest absolute Gasteiger partial charge is 0.251 e. The maximum absolute atomic E-state index is 11.3. The van der Waals surface area contributed by atoms with Crippen LogP contribution in [0.4, 0.5) is 5.69 Å². The van der Waals surface area contributed by atoms with Crippen molar-refractivity contribution in [3.05, 3.63) is 46.6 Å². The van der Waals surface area contributed by atoms with Gasteiger partial charge in [0.1, 0.15) is 5.75 Å². The number of nitrogen functional groups attached to an aromatic ring is 1. The van der Waals surface area contributed by atoms with Crippen molar-refractivity contribution in [3.8, 4) is 17.7 Å². The number of benzene rings is 1. The van der Waals surface area contributed by atoms with Gasteiger partial charge in [-0.2, -0.15) is 5.26 Å². The zero-order chi connectivity index (χ0) is 15.6. The van der Waals surface area contributed by atoms with Gasteiger partial charge in [0.15, 0.2) is 0 Å². The van der Waals surface area contributed by atoms with Crippen LogP contribution >= 0.6 is 0 Å². The van der Waals surface area contributed by atoms with Crippen LogP contribution in [0.3, 0.4) is 0 Å². The number of nitriles is 1. The molecule has 0 bridgehead atoms. The molecule has 0 aliphatic rings. The second-order valence-electron chi connectivity index (χ2n) is 4.63. The minimum atomic E-state index is -0.645. The highest BCUT2D eigenvalue weighted by Gasteiger charge is 2.12. The van der Waals surface area contributed by atoms with E-state index in [1.54, 1.807) is 12.1 Å². The van der Waals surface area contributed by atoms with Gasteiger partial charge in [0, 0.05) is 6.07 Å². The van der Waals surface area contributed by atoms with Crippen LogP contribution in [0.15, 0.2) is 24.4 Å². The van der Waals surface area contributed by atoms with Crippen LogP contribution in [0.5, 0.6) is 11.6 Å². The highest BCUT2D eigenvalue weighted by Crippen LogP contribution is 2.29. The maximum Gasteiger partial charge on any atom is 0.251 e. The number of carbonyl (C=O) groups excluding carboxylic acids is 1. The Hall–Kier alpha value is -3.07. The summed E-state index contributed by atoms with van der Waals surface area (Å²) in [6.07, 6.45) is 1.32. The molecule has 1 heterocycles. The Balaban J connectivity index is 2.42. The lowest BCUT2D eigenvalue weighted by Crippen LogP contribution is -2.14. The molecule has 0 aliphatic carbocycles. The molecule has 4 N–H and O–H groups in total. The van der Waals surface area contributed by atoms with E-state index in [2.05, 4.69) is 11.1 Å². The highest BCUT2D eigenvalue weighted by molar-refractivity contribution is 5.98. The van der Waals surface area contributed by atoms with Crippen molar-refractivity contribution < 1.29 is 9.53 Å². The van der Waals surface area contributed by atoms with Gasteiger partial charge < -0.3 is 16.2 Å². The molecule has 0 fully saturated rings. The third-order valence-electron chi connectivity index (χ3n) is 2.97. The van der Waals surface area contributed by atoms with Crippen molar-refractivity contribution in [1.82, 2.24) is 4.98 Å². The Kier molecular flexibility index (Phi) is 3.76. The molecular formula is C15H14N4O2. The van der Waals surface area contributed by atoms with Crippen LogP contribution in [0.2, 0.25) is 0 Å². The van der Waals surface area contributed by atoms with Crippen LogP contribution in [-0.2, 0) is 0 Å². The van der Waals surface area contributed by atoms with Crippen molar-refractivity contribution in [1.29, 1.82) is 5.26 Å². The first-order chi connectivity index (χ1) is 9.92. The van der Waals surface area contributed by atoms with E-state index in [0.29, 0.717) is 11.3 Å². The van der Waals surface area contributed by atoms with Crippen molar-refractivity contribution in [3.63, 3.8) is 0 Å². The van der Waals surface area contributed by atoms with Gasteiger partial charge in [0.05, 0.1) is 29.1 Å². The number of pyridine rings is 1. The fourth-order valence-corrected chi connectivity index (χ4v) is 2.00. The molecule has 2 rings (SSSR count). The summed E-state index contributed by atoms with van der Waals surface area (Å²) in [7, 11) is 0. The van der Waals surface area contributed by atoms with Crippen molar-refractivity contribution >= 4 is 11.6 Å². The quantitative estimate of drug-likeness (QED) is 0.893. The van der Waals surface area contributed by atoms with E-state index in [1.807, 2.05) is 13.8 Å². The summed E-state index contributed by atoms with van der Waals surface area (Å²) in [6.45, 7) is 3.66. The molecule has 21 heavy (non-hydrogen) atoms. The minimum absolute atomic E-state index is 0.156. The summed E-state index contributed by atoms with van der Waals surface area (Å²) in [5, 5.41) is 8.93. The first-order valence-corrected chi connectivity index (χ1v) is 6.17. The standard InChI is InChI=1S/C15H14N4O2/c1-8-3-10(6-16)4-9(2)14(8)21-13-5-11(15(18)20)12(17)7-19-13/h3-5,7H,17H2,1-2H3,(H2,18,20). The van der Waals surface area contributed by atoms with Gasteiger partial charge in [0.25, 0.3) is 5.91 Å². The molecule has 6 nitrogen and oxygen atoms in total. The summed E-state index contributed by atoms with van der Waals surface area (Å²) >= 11 is 0. The SMILES string of the molecule is Cc1cc(C#N)cc(C)c1Oc1cc(C(N)=O)c(N)cn1. The van der Waals surface area contributed by atoms with E-state index in [9.17, 15) is 4.79 Å². The van der Waals surface area contributed by atoms with Crippen molar-refractivity contribution in [2.75, 3.05) is 5.73 Å². The molecule has 0 radical (unpaired) electrons. The lowest BCUT2D eigenvalue weighted by atomic mass is 10.1. The molecule has 0 saturated carbocycles. The molecule has 106 valence electrons. The molecule has 1 aromatic heterocycles. The van der Waals surface area contributed by atoms with E-state index in [0.717, 1.165) is 11.1 Å². The van der Waals surface area contributed by atoms with Crippen LogP contribution in [0, 0.1) is 25.2 Å². The Morgan fingerprint density at radius 2 is 1.90 bits per heavy atom. The Morgan fingerprint density at radius 1 is 1.29 bits per heavy atom. The number of nitrogens with two attached hydrogens (primary N) is 2. The topological polar surface area (TPSA) is 115 Å². The Labute approximate surface area is 122 Å². The van der Waals surface area contributed by atoms with Gasteiger partial charge in [0.2, 0.25) is 5.88 Å². The average Bonchev–Trinajstić information content (AvgIpc) is 2.43. The van der Waals surface area contributed by atoms with Gasteiger partial charge in [-0.05, 0) is 37.1 Å². The first-order valence-electron chi connectivity index (χ1n) is 6.17. The van der Waals surface area contributed by atoms with Gasteiger partial charge in [-0.15, -0.1) is 0 Å². The predicted molar refractivity (Wildman–Crippen MR) is 77.9 cm³/mol. The fraction of sp³-hybridized carbons (Fsp3) is 0.133.